The van der Waals surface area contributed by atoms with Crippen LogP contribution in [0.25, 0.3) is 10.9 Å². The van der Waals surface area contributed by atoms with E-state index in [9.17, 15) is 4.79 Å². The van der Waals surface area contributed by atoms with Crippen LogP contribution in [-0.4, -0.2) is 53.4 Å². The van der Waals surface area contributed by atoms with Crippen molar-refractivity contribution in [2.45, 2.75) is 20.3 Å². The molecule has 1 saturated heterocycles. The summed E-state index contributed by atoms with van der Waals surface area (Å²) in [6.45, 7) is 9.03. The first kappa shape index (κ1) is 17.2. The van der Waals surface area contributed by atoms with Gasteiger partial charge in [-0.25, -0.2) is 4.98 Å². The summed E-state index contributed by atoms with van der Waals surface area (Å²) in [5.74, 6) is 0.772. The number of carbonyl (C=O) groups is 1. The summed E-state index contributed by atoms with van der Waals surface area (Å²) in [6.07, 6.45) is 1.21. The molecule has 4 nitrogen and oxygen atoms in total. The third kappa shape index (κ3) is 3.87. The molecule has 0 spiro atoms. The van der Waals surface area contributed by atoms with E-state index >= 15 is 0 Å². The Hall–Kier alpha value is -1.65. The fourth-order valence-corrected chi connectivity index (χ4v) is 3.31. The van der Waals surface area contributed by atoms with E-state index in [1.807, 2.05) is 29.2 Å². The van der Waals surface area contributed by atoms with Crippen LogP contribution in [0.4, 0.5) is 0 Å². The third-order valence-corrected chi connectivity index (χ3v) is 4.79. The molecule has 1 aromatic carbocycles. The molecule has 128 valence electrons. The summed E-state index contributed by atoms with van der Waals surface area (Å²) in [5.41, 5.74) is 1.42. The number of rotatable bonds is 4. The zero-order valence-electron chi connectivity index (χ0n) is 14.3. The second-order valence-corrected chi connectivity index (χ2v) is 7.21. The molecule has 24 heavy (non-hydrogen) atoms. The van der Waals surface area contributed by atoms with Gasteiger partial charge < -0.3 is 4.90 Å². The molecule has 2 aromatic rings. The number of piperazine rings is 1. The lowest BCUT2D eigenvalue weighted by molar-refractivity contribution is 0.0633. The van der Waals surface area contributed by atoms with Gasteiger partial charge in [0.2, 0.25) is 0 Å². The van der Waals surface area contributed by atoms with Crippen LogP contribution >= 0.6 is 11.6 Å². The number of hydrogen-bond acceptors (Lipinski definition) is 3. The van der Waals surface area contributed by atoms with Gasteiger partial charge in [-0.1, -0.05) is 43.6 Å². The molecule has 2 heterocycles. The van der Waals surface area contributed by atoms with Gasteiger partial charge in [0.15, 0.2) is 0 Å². The number of pyridine rings is 1. The first-order chi connectivity index (χ1) is 11.5. The van der Waals surface area contributed by atoms with Crippen molar-refractivity contribution in [2.75, 3.05) is 32.7 Å². The van der Waals surface area contributed by atoms with E-state index < -0.39 is 0 Å². The van der Waals surface area contributed by atoms with Crippen molar-refractivity contribution in [2.24, 2.45) is 5.92 Å². The molecule has 1 fully saturated rings. The monoisotopic (exact) mass is 345 g/mol. The van der Waals surface area contributed by atoms with Gasteiger partial charge in [-0.2, -0.15) is 0 Å². The second-order valence-electron chi connectivity index (χ2n) is 6.83. The molecule has 0 unspecified atom stereocenters. The largest absolute Gasteiger partial charge is 0.336 e. The average Bonchev–Trinajstić information content (AvgIpc) is 2.59. The zero-order chi connectivity index (χ0) is 17.1. The molecule has 1 aliphatic heterocycles. The predicted molar refractivity (Wildman–Crippen MR) is 98.6 cm³/mol. The van der Waals surface area contributed by atoms with Gasteiger partial charge in [0.05, 0.1) is 11.1 Å². The number of amides is 1. The first-order valence-corrected chi connectivity index (χ1v) is 8.99. The molecule has 3 rings (SSSR count). The molecule has 1 aromatic heterocycles. The number of carbonyl (C=O) groups excluding carboxylic acids is 1. The summed E-state index contributed by atoms with van der Waals surface area (Å²) in [7, 11) is 0. The van der Waals surface area contributed by atoms with Crippen LogP contribution < -0.4 is 0 Å². The van der Waals surface area contributed by atoms with E-state index in [1.165, 1.54) is 6.42 Å². The summed E-state index contributed by atoms with van der Waals surface area (Å²) in [5, 5.41) is 1.24. The van der Waals surface area contributed by atoms with E-state index in [-0.39, 0.29) is 5.91 Å². The van der Waals surface area contributed by atoms with Crippen molar-refractivity contribution in [3.63, 3.8) is 0 Å². The van der Waals surface area contributed by atoms with Crippen molar-refractivity contribution >= 4 is 28.4 Å². The highest BCUT2D eigenvalue weighted by atomic mass is 35.5. The number of benzene rings is 1. The number of halogens is 1. The van der Waals surface area contributed by atoms with E-state index in [1.54, 1.807) is 6.07 Å². The Morgan fingerprint density at radius 1 is 1.21 bits per heavy atom. The lowest BCUT2D eigenvalue weighted by Crippen LogP contribution is -2.49. The predicted octanol–water partition coefficient (Wildman–Crippen LogP) is 3.69. The maximum absolute atomic E-state index is 13.0. The molecule has 0 N–H and O–H groups in total. The van der Waals surface area contributed by atoms with E-state index in [0.29, 0.717) is 10.7 Å². The van der Waals surface area contributed by atoms with Gasteiger partial charge in [0.25, 0.3) is 5.91 Å². The minimum atomic E-state index is 0.0546. The molecular weight excluding hydrogens is 322 g/mol. The molecule has 1 amide bonds. The number of nitrogens with zero attached hydrogens (tertiary/aromatic N) is 3. The Balaban J connectivity index is 1.72. The van der Waals surface area contributed by atoms with Gasteiger partial charge in [0, 0.05) is 31.6 Å². The highest BCUT2D eigenvalue weighted by Gasteiger charge is 2.23. The molecule has 0 saturated carbocycles. The Morgan fingerprint density at radius 2 is 1.92 bits per heavy atom. The maximum Gasteiger partial charge on any atom is 0.254 e. The van der Waals surface area contributed by atoms with Crippen molar-refractivity contribution in [3.05, 3.63) is 41.0 Å². The van der Waals surface area contributed by atoms with Crippen molar-refractivity contribution in [1.82, 2.24) is 14.8 Å². The quantitative estimate of drug-likeness (QED) is 0.793. The van der Waals surface area contributed by atoms with Crippen LogP contribution in [0.2, 0.25) is 5.15 Å². The Kier molecular flexibility index (Phi) is 5.36. The first-order valence-electron chi connectivity index (χ1n) is 8.61. The van der Waals surface area contributed by atoms with Gasteiger partial charge in [-0.3, -0.25) is 9.69 Å². The van der Waals surface area contributed by atoms with Crippen molar-refractivity contribution in [3.8, 4) is 0 Å². The van der Waals surface area contributed by atoms with Crippen LogP contribution in [0, 0.1) is 5.92 Å². The smallest absolute Gasteiger partial charge is 0.254 e. The highest BCUT2D eigenvalue weighted by molar-refractivity contribution is 6.30. The summed E-state index contributed by atoms with van der Waals surface area (Å²) in [6, 6.07) is 9.36. The Labute approximate surface area is 148 Å². The molecule has 0 atom stereocenters. The minimum absolute atomic E-state index is 0.0546. The van der Waals surface area contributed by atoms with Gasteiger partial charge in [-0.15, -0.1) is 0 Å². The molecule has 1 aliphatic rings. The van der Waals surface area contributed by atoms with Crippen LogP contribution in [0.15, 0.2) is 30.3 Å². The highest BCUT2D eigenvalue weighted by Crippen LogP contribution is 2.22. The van der Waals surface area contributed by atoms with E-state index in [2.05, 4.69) is 23.7 Å². The standard InChI is InChI=1S/C19H24ClN3O/c1-14(2)7-8-22-9-11-23(12-10-22)19(24)16-13-18(20)21-17-6-4-3-5-15(16)17/h3-6,13-14H,7-12H2,1-2H3. The summed E-state index contributed by atoms with van der Waals surface area (Å²) in [4.78, 5) is 21.6. The van der Waals surface area contributed by atoms with Gasteiger partial charge in [0.1, 0.15) is 5.15 Å². The maximum atomic E-state index is 13.0. The number of para-hydroxylation sites is 1. The molecule has 0 bridgehead atoms. The fraction of sp³-hybridized carbons (Fsp3) is 0.474. The summed E-state index contributed by atoms with van der Waals surface area (Å²) < 4.78 is 0. The van der Waals surface area contributed by atoms with Gasteiger partial charge in [-0.05, 0) is 31.0 Å². The Morgan fingerprint density at radius 3 is 2.62 bits per heavy atom. The van der Waals surface area contributed by atoms with Crippen LogP contribution in [0.5, 0.6) is 0 Å². The lowest BCUT2D eigenvalue weighted by Gasteiger charge is -2.35. The van der Waals surface area contributed by atoms with E-state index in [4.69, 9.17) is 11.6 Å². The fourth-order valence-electron chi connectivity index (χ4n) is 3.11. The lowest BCUT2D eigenvalue weighted by atomic mass is 10.1. The second kappa shape index (κ2) is 7.49. The van der Waals surface area contributed by atoms with Gasteiger partial charge >= 0.3 is 0 Å². The number of fused-ring (bicyclic) bond motifs is 1. The summed E-state index contributed by atoms with van der Waals surface area (Å²) >= 11 is 6.11. The SMILES string of the molecule is CC(C)CCN1CCN(C(=O)c2cc(Cl)nc3ccccc23)CC1. The minimum Gasteiger partial charge on any atom is -0.336 e. The third-order valence-electron chi connectivity index (χ3n) is 4.60. The number of aromatic nitrogens is 1. The molecule has 0 radical (unpaired) electrons. The molecule has 0 aliphatic carbocycles. The van der Waals surface area contributed by atoms with E-state index in [0.717, 1.165) is 49.5 Å². The van der Waals surface area contributed by atoms with Crippen molar-refractivity contribution < 1.29 is 4.79 Å². The normalized spacial score (nSPS) is 16.1. The van der Waals surface area contributed by atoms with Crippen LogP contribution in [0.3, 0.4) is 0 Å². The number of hydrogen-bond donors (Lipinski definition) is 0. The van der Waals surface area contributed by atoms with Crippen LogP contribution in [0.1, 0.15) is 30.6 Å². The van der Waals surface area contributed by atoms with Crippen LogP contribution in [-0.2, 0) is 0 Å². The zero-order valence-corrected chi connectivity index (χ0v) is 15.1. The molecular formula is C19H24ClN3O. The average molecular weight is 346 g/mol. The Bertz CT molecular complexity index is 724. The van der Waals surface area contributed by atoms with Crippen molar-refractivity contribution in [1.29, 1.82) is 0 Å². The molecule has 5 heteroatoms. The topological polar surface area (TPSA) is 36.4 Å².